The maximum atomic E-state index is 13.1. The van der Waals surface area contributed by atoms with Crippen LogP contribution in [-0.2, 0) is 27.9 Å². The number of amides is 1. The van der Waals surface area contributed by atoms with Crippen molar-refractivity contribution in [2.24, 2.45) is 0 Å². The van der Waals surface area contributed by atoms with Gasteiger partial charge in [-0.25, -0.2) is 8.42 Å². The zero-order chi connectivity index (χ0) is 21.0. The van der Waals surface area contributed by atoms with Crippen LogP contribution in [-0.4, -0.2) is 50.3 Å². The van der Waals surface area contributed by atoms with E-state index in [1.54, 1.807) is 36.1 Å². The Morgan fingerprint density at radius 1 is 1.21 bits per heavy atom. The predicted octanol–water partition coefficient (Wildman–Crippen LogP) is 2.65. The highest BCUT2D eigenvalue weighted by molar-refractivity contribution is 7.89. The van der Waals surface area contributed by atoms with Crippen LogP contribution in [0.5, 0.6) is 11.5 Å². The number of ether oxygens (including phenoxy) is 2. The lowest BCUT2D eigenvalue weighted by molar-refractivity contribution is -0.129. The topological polar surface area (TPSA) is 76.2 Å². The molecule has 156 valence electrons. The summed E-state index contributed by atoms with van der Waals surface area (Å²) in [6.45, 7) is 5.30. The zero-order valence-electron chi connectivity index (χ0n) is 16.9. The normalized spacial score (nSPS) is 14.4. The van der Waals surface area contributed by atoms with Crippen molar-refractivity contribution in [3.63, 3.8) is 0 Å². The molecule has 29 heavy (non-hydrogen) atoms. The first-order chi connectivity index (χ1) is 13.8. The van der Waals surface area contributed by atoms with E-state index in [4.69, 9.17) is 9.47 Å². The van der Waals surface area contributed by atoms with E-state index in [-0.39, 0.29) is 30.5 Å². The van der Waals surface area contributed by atoms with E-state index in [1.807, 2.05) is 25.1 Å². The highest BCUT2D eigenvalue weighted by Gasteiger charge is 2.28. The van der Waals surface area contributed by atoms with Crippen molar-refractivity contribution in [2.45, 2.75) is 31.8 Å². The van der Waals surface area contributed by atoms with Gasteiger partial charge in [0.15, 0.2) is 0 Å². The van der Waals surface area contributed by atoms with Crippen LogP contribution in [0.2, 0.25) is 0 Å². The van der Waals surface area contributed by atoms with Crippen LogP contribution in [0.4, 0.5) is 0 Å². The lowest BCUT2D eigenvalue weighted by Gasteiger charge is -2.21. The second kappa shape index (κ2) is 8.84. The lowest BCUT2D eigenvalue weighted by atomic mass is 10.1. The van der Waals surface area contributed by atoms with Crippen LogP contribution in [0.15, 0.2) is 47.4 Å². The second-order valence-corrected chi connectivity index (χ2v) is 8.78. The number of fused-ring (bicyclic) bond motifs is 1. The highest BCUT2D eigenvalue weighted by Crippen LogP contribution is 2.28. The molecule has 0 fully saturated rings. The van der Waals surface area contributed by atoms with Crippen LogP contribution in [0.3, 0.4) is 0 Å². The van der Waals surface area contributed by atoms with Crippen LogP contribution < -0.4 is 9.47 Å². The molecule has 0 unspecified atom stereocenters. The predicted molar refractivity (Wildman–Crippen MR) is 109 cm³/mol. The van der Waals surface area contributed by atoms with Crippen molar-refractivity contribution in [1.82, 2.24) is 9.21 Å². The van der Waals surface area contributed by atoms with Gasteiger partial charge < -0.3 is 14.4 Å². The molecule has 0 aliphatic carbocycles. The van der Waals surface area contributed by atoms with E-state index in [0.29, 0.717) is 24.6 Å². The smallest absolute Gasteiger partial charge is 0.243 e. The van der Waals surface area contributed by atoms with E-state index in [9.17, 15) is 13.2 Å². The summed E-state index contributed by atoms with van der Waals surface area (Å²) in [5, 5.41) is 0. The van der Waals surface area contributed by atoms with Crippen molar-refractivity contribution in [3.8, 4) is 11.5 Å². The van der Waals surface area contributed by atoms with Gasteiger partial charge in [0.25, 0.3) is 0 Å². The van der Waals surface area contributed by atoms with E-state index in [1.165, 1.54) is 11.4 Å². The van der Waals surface area contributed by atoms with Crippen molar-refractivity contribution in [3.05, 3.63) is 53.6 Å². The first-order valence-electron chi connectivity index (χ1n) is 9.49. The zero-order valence-corrected chi connectivity index (χ0v) is 17.7. The first kappa shape index (κ1) is 21.1. The Kier molecular flexibility index (Phi) is 6.44. The molecule has 0 saturated heterocycles. The van der Waals surface area contributed by atoms with E-state index < -0.39 is 10.0 Å². The first-order valence-corrected chi connectivity index (χ1v) is 10.9. The van der Waals surface area contributed by atoms with Crippen molar-refractivity contribution in [2.75, 3.05) is 26.8 Å². The number of methoxy groups -OCH3 is 1. The van der Waals surface area contributed by atoms with Crippen LogP contribution in [0, 0.1) is 0 Å². The maximum absolute atomic E-state index is 13.1. The molecule has 1 heterocycles. The van der Waals surface area contributed by atoms with E-state index in [2.05, 4.69) is 0 Å². The van der Waals surface area contributed by atoms with Gasteiger partial charge in [-0.3, -0.25) is 4.79 Å². The third-order valence-corrected chi connectivity index (χ3v) is 6.83. The Balaban J connectivity index is 1.86. The fourth-order valence-corrected chi connectivity index (χ4v) is 4.69. The molecule has 3 rings (SSSR count). The molecule has 1 aliphatic heterocycles. The summed E-state index contributed by atoms with van der Waals surface area (Å²) in [4.78, 5) is 13.7. The second-order valence-electron chi connectivity index (χ2n) is 6.84. The molecule has 1 amide bonds. The largest absolute Gasteiger partial charge is 0.497 e. The Morgan fingerprint density at radius 3 is 2.55 bits per heavy atom. The summed E-state index contributed by atoms with van der Waals surface area (Å²) in [7, 11) is -2.14. The molecule has 0 bridgehead atoms. The number of hydrogen-bond donors (Lipinski definition) is 0. The average molecular weight is 419 g/mol. The molecule has 2 aromatic carbocycles. The number of benzene rings is 2. The molecule has 0 aromatic heterocycles. The number of hydrogen-bond acceptors (Lipinski definition) is 5. The summed E-state index contributed by atoms with van der Waals surface area (Å²) in [6, 6.07) is 12.0. The third kappa shape index (κ3) is 4.71. The highest BCUT2D eigenvalue weighted by atomic mass is 32.2. The van der Waals surface area contributed by atoms with Gasteiger partial charge in [-0.2, -0.15) is 4.31 Å². The molecular formula is C21H26N2O5S. The molecule has 0 atom stereocenters. The summed E-state index contributed by atoms with van der Waals surface area (Å²) >= 11 is 0. The molecular weight excluding hydrogens is 392 g/mol. The fraction of sp³-hybridized carbons (Fsp3) is 0.381. The van der Waals surface area contributed by atoms with Crippen LogP contribution in [0.25, 0.3) is 0 Å². The molecule has 0 spiro atoms. The average Bonchev–Trinajstić information content (AvgIpc) is 2.94. The molecule has 0 N–H and O–H groups in total. The van der Waals surface area contributed by atoms with Crippen LogP contribution >= 0.6 is 0 Å². The number of sulfonamides is 1. The Hall–Kier alpha value is -2.58. The summed E-state index contributed by atoms with van der Waals surface area (Å²) < 4.78 is 38.6. The van der Waals surface area contributed by atoms with E-state index >= 15 is 0 Å². The number of rotatable bonds is 6. The molecule has 0 saturated carbocycles. The summed E-state index contributed by atoms with van der Waals surface area (Å²) in [5.74, 6) is 1.28. The van der Waals surface area contributed by atoms with Crippen LogP contribution in [0.1, 0.15) is 25.0 Å². The molecule has 7 nitrogen and oxygen atoms in total. The maximum Gasteiger partial charge on any atom is 0.243 e. The standard InChI is InChI=1S/C21H26N2O5S/c1-4-22(16(2)24)14-17-5-10-21-18(13-17)15-23(11-12-28-21)29(25,26)20-8-6-19(27-3)7-9-20/h5-10,13H,4,11-12,14-15H2,1-3H3. The minimum Gasteiger partial charge on any atom is -0.497 e. The van der Waals surface area contributed by atoms with Gasteiger partial charge in [0.2, 0.25) is 15.9 Å². The van der Waals surface area contributed by atoms with Crippen molar-refractivity contribution < 1.29 is 22.7 Å². The van der Waals surface area contributed by atoms with Gasteiger partial charge in [-0.1, -0.05) is 6.07 Å². The minimum absolute atomic E-state index is 0.00222. The summed E-state index contributed by atoms with van der Waals surface area (Å²) in [6.07, 6.45) is 0. The van der Waals surface area contributed by atoms with Crippen molar-refractivity contribution >= 4 is 15.9 Å². The Labute approximate surface area is 171 Å². The molecule has 1 aliphatic rings. The lowest BCUT2D eigenvalue weighted by Crippen LogP contribution is -2.32. The Bertz CT molecular complexity index is 973. The fourth-order valence-electron chi connectivity index (χ4n) is 3.29. The minimum atomic E-state index is -3.67. The van der Waals surface area contributed by atoms with E-state index in [0.717, 1.165) is 11.1 Å². The van der Waals surface area contributed by atoms with Gasteiger partial charge in [0.05, 0.1) is 12.0 Å². The molecule has 8 heteroatoms. The number of carbonyl (C=O) groups excluding carboxylic acids is 1. The number of carbonyl (C=O) groups is 1. The molecule has 2 aromatic rings. The van der Waals surface area contributed by atoms with Gasteiger partial charge in [-0.15, -0.1) is 0 Å². The monoisotopic (exact) mass is 418 g/mol. The SMILES string of the molecule is CCN(Cc1ccc2c(c1)CN(S(=O)(=O)c1ccc(OC)cc1)CCO2)C(C)=O. The van der Waals surface area contributed by atoms with Gasteiger partial charge in [-0.05, 0) is 48.9 Å². The third-order valence-electron chi connectivity index (χ3n) is 4.97. The summed E-state index contributed by atoms with van der Waals surface area (Å²) in [5.41, 5.74) is 1.73. The Morgan fingerprint density at radius 2 is 1.93 bits per heavy atom. The van der Waals surface area contributed by atoms with Gasteiger partial charge in [0, 0.05) is 38.7 Å². The van der Waals surface area contributed by atoms with Gasteiger partial charge >= 0.3 is 0 Å². The van der Waals surface area contributed by atoms with Crippen molar-refractivity contribution in [1.29, 1.82) is 0 Å². The quantitative estimate of drug-likeness (QED) is 0.721. The number of nitrogens with zero attached hydrogens (tertiary/aromatic N) is 2. The molecule has 0 radical (unpaired) electrons. The van der Waals surface area contributed by atoms with Gasteiger partial charge in [0.1, 0.15) is 18.1 Å².